The fraction of sp³-hybridized carbons (Fsp3) is 0.562. The minimum atomic E-state index is -0.102. The monoisotopic (exact) mass is 354 g/mol. The molecule has 3 atom stereocenters. The average molecular weight is 355 g/mol. The van der Waals surface area contributed by atoms with Crippen LogP contribution in [0, 0.1) is 5.92 Å². The van der Waals surface area contributed by atoms with Crippen molar-refractivity contribution in [1.82, 2.24) is 10.6 Å². The average Bonchev–Trinajstić information content (AvgIpc) is 2.94. The van der Waals surface area contributed by atoms with Crippen LogP contribution < -0.4 is 10.6 Å². The lowest BCUT2D eigenvalue weighted by Gasteiger charge is -2.22. The minimum absolute atomic E-state index is 0.0495. The Morgan fingerprint density at radius 2 is 2.05 bits per heavy atom. The molecule has 116 valence electrons. The summed E-state index contributed by atoms with van der Waals surface area (Å²) in [4.78, 5) is 12.5. The highest BCUT2D eigenvalue weighted by atomic mass is 79.9. The van der Waals surface area contributed by atoms with E-state index >= 15 is 0 Å². The molecular weight excluding hydrogens is 332 g/mol. The zero-order valence-corrected chi connectivity index (χ0v) is 14.2. The van der Waals surface area contributed by atoms with Gasteiger partial charge in [-0.05, 0) is 30.7 Å². The van der Waals surface area contributed by atoms with Crippen molar-refractivity contribution < 1.29 is 9.53 Å². The third-order valence-electron chi connectivity index (χ3n) is 3.88. The number of carbonyl (C=O) groups excluding carboxylic acids is 1. The van der Waals surface area contributed by atoms with Crippen LogP contribution in [0.3, 0.4) is 0 Å². The molecule has 1 aromatic carbocycles. The highest BCUT2D eigenvalue weighted by Gasteiger charge is 2.34. The maximum Gasteiger partial charge on any atom is 0.227 e. The third kappa shape index (κ3) is 4.28. The molecular formula is C16H23BrN2O2. The number of halogens is 1. The molecule has 1 saturated heterocycles. The predicted molar refractivity (Wildman–Crippen MR) is 87.1 cm³/mol. The van der Waals surface area contributed by atoms with Gasteiger partial charge in [-0.3, -0.25) is 4.79 Å². The number of rotatable bonds is 6. The van der Waals surface area contributed by atoms with Crippen molar-refractivity contribution in [2.24, 2.45) is 5.92 Å². The summed E-state index contributed by atoms with van der Waals surface area (Å²) in [5, 5.41) is 6.48. The zero-order chi connectivity index (χ0) is 15.2. The van der Waals surface area contributed by atoms with Crippen LogP contribution in [0.5, 0.6) is 0 Å². The summed E-state index contributed by atoms with van der Waals surface area (Å²) in [7, 11) is 0. The fourth-order valence-corrected chi connectivity index (χ4v) is 2.94. The van der Waals surface area contributed by atoms with Crippen LogP contribution in [0.15, 0.2) is 28.7 Å². The molecule has 4 nitrogen and oxygen atoms in total. The summed E-state index contributed by atoms with van der Waals surface area (Å²) in [6.07, 6.45) is 0.868. The van der Waals surface area contributed by atoms with Gasteiger partial charge in [0.05, 0.1) is 25.2 Å². The summed E-state index contributed by atoms with van der Waals surface area (Å²) in [6.45, 7) is 6.09. The first-order valence-electron chi connectivity index (χ1n) is 7.52. The Morgan fingerprint density at radius 3 is 2.67 bits per heavy atom. The molecule has 0 radical (unpaired) electrons. The van der Waals surface area contributed by atoms with Crippen molar-refractivity contribution in [1.29, 1.82) is 0 Å². The molecule has 0 spiro atoms. The van der Waals surface area contributed by atoms with Crippen molar-refractivity contribution in [3.05, 3.63) is 34.3 Å². The van der Waals surface area contributed by atoms with E-state index in [1.807, 2.05) is 31.2 Å². The van der Waals surface area contributed by atoms with E-state index in [-0.39, 0.29) is 23.9 Å². The summed E-state index contributed by atoms with van der Waals surface area (Å²) in [5.41, 5.74) is 1.13. The van der Waals surface area contributed by atoms with Crippen LogP contribution >= 0.6 is 15.9 Å². The van der Waals surface area contributed by atoms with Gasteiger partial charge in [0.2, 0.25) is 5.91 Å². The molecule has 0 saturated carbocycles. The summed E-state index contributed by atoms with van der Waals surface area (Å²) in [5.74, 6) is -0.0253. The van der Waals surface area contributed by atoms with E-state index in [1.54, 1.807) is 0 Å². The van der Waals surface area contributed by atoms with Gasteiger partial charge >= 0.3 is 0 Å². The molecule has 0 aromatic heterocycles. The van der Waals surface area contributed by atoms with Crippen LogP contribution in [0.1, 0.15) is 31.9 Å². The maximum atomic E-state index is 12.5. The largest absolute Gasteiger partial charge is 0.379 e. The first kappa shape index (κ1) is 16.5. The van der Waals surface area contributed by atoms with Gasteiger partial charge in [-0.15, -0.1) is 0 Å². The second-order valence-electron chi connectivity index (χ2n) is 5.33. The van der Waals surface area contributed by atoms with Crippen LogP contribution in [0.25, 0.3) is 0 Å². The Bertz CT molecular complexity index is 464. The van der Waals surface area contributed by atoms with Gasteiger partial charge in [-0.2, -0.15) is 0 Å². The van der Waals surface area contributed by atoms with Crippen LogP contribution in [0.4, 0.5) is 0 Å². The number of hydrogen-bond donors (Lipinski definition) is 2. The summed E-state index contributed by atoms with van der Waals surface area (Å²) in [6, 6.07) is 8.27. The summed E-state index contributed by atoms with van der Waals surface area (Å²) >= 11 is 3.43. The van der Waals surface area contributed by atoms with Gasteiger partial charge in [0.15, 0.2) is 0 Å². The SMILES string of the molecule is CCNC1COCC1C(=O)NC(CC)c1ccc(Br)cc1. The van der Waals surface area contributed by atoms with E-state index in [9.17, 15) is 4.79 Å². The molecule has 5 heteroatoms. The maximum absolute atomic E-state index is 12.5. The highest BCUT2D eigenvalue weighted by molar-refractivity contribution is 9.10. The molecule has 2 rings (SSSR count). The first-order chi connectivity index (χ1) is 10.2. The molecule has 21 heavy (non-hydrogen) atoms. The molecule has 1 heterocycles. The van der Waals surface area contributed by atoms with Gasteiger partial charge in [0.1, 0.15) is 0 Å². The van der Waals surface area contributed by atoms with Crippen molar-refractivity contribution in [3.63, 3.8) is 0 Å². The van der Waals surface area contributed by atoms with Gasteiger partial charge in [0.25, 0.3) is 0 Å². The number of ether oxygens (including phenoxy) is 1. The molecule has 0 bridgehead atoms. The molecule has 1 aliphatic rings. The Kier molecular flexibility index (Phi) is 6.21. The summed E-state index contributed by atoms with van der Waals surface area (Å²) < 4.78 is 6.50. The van der Waals surface area contributed by atoms with E-state index < -0.39 is 0 Å². The lowest BCUT2D eigenvalue weighted by molar-refractivity contribution is -0.126. The predicted octanol–water partition coefficient (Wildman–Crippen LogP) is 2.64. The van der Waals surface area contributed by atoms with Crippen LogP contribution in [-0.2, 0) is 9.53 Å². The molecule has 1 aromatic rings. The first-order valence-corrected chi connectivity index (χ1v) is 8.32. The van der Waals surface area contributed by atoms with Gasteiger partial charge in [0, 0.05) is 10.5 Å². The van der Waals surface area contributed by atoms with E-state index in [4.69, 9.17) is 4.74 Å². The standard InChI is InChI=1S/C16H23BrN2O2/c1-3-14(11-5-7-12(17)8-6-11)19-16(20)13-9-21-10-15(13)18-4-2/h5-8,13-15,18H,3-4,9-10H2,1-2H3,(H,19,20). The van der Waals surface area contributed by atoms with Gasteiger partial charge < -0.3 is 15.4 Å². The number of hydrogen-bond acceptors (Lipinski definition) is 3. The van der Waals surface area contributed by atoms with Crippen LogP contribution in [0.2, 0.25) is 0 Å². The Morgan fingerprint density at radius 1 is 1.33 bits per heavy atom. The lowest BCUT2D eigenvalue weighted by atomic mass is 9.99. The molecule has 0 aliphatic carbocycles. The molecule has 1 fully saturated rings. The number of benzene rings is 1. The second kappa shape index (κ2) is 7.92. The third-order valence-corrected chi connectivity index (χ3v) is 4.41. The highest BCUT2D eigenvalue weighted by Crippen LogP contribution is 2.21. The van der Waals surface area contributed by atoms with Gasteiger partial charge in [-0.1, -0.05) is 41.9 Å². The Hall–Kier alpha value is -0.910. The quantitative estimate of drug-likeness (QED) is 0.825. The van der Waals surface area contributed by atoms with Crippen molar-refractivity contribution in [3.8, 4) is 0 Å². The minimum Gasteiger partial charge on any atom is -0.379 e. The number of carbonyl (C=O) groups is 1. The molecule has 2 N–H and O–H groups in total. The van der Waals surface area contributed by atoms with E-state index in [2.05, 4.69) is 33.5 Å². The number of likely N-dealkylation sites (N-methyl/N-ethyl adjacent to an activating group) is 1. The van der Waals surface area contributed by atoms with Crippen molar-refractivity contribution >= 4 is 21.8 Å². The number of nitrogens with one attached hydrogen (secondary N) is 2. The molecule has 1 amide bonds. The topological polar surface area (TPSA) is 50.4 Å². The van der Waals surface area contributed by atoms with Crippen molar-refractivity contribution in [2.75, 3.05) is 19.8 Å². The molecule has 3 unspecified atom stereocenters. The van der Waals surface area contributed by atoms with Crippen molar-refractivity contribution in [2.45, 2.75) is 32.4 Å². The van der Waals surface area contributed by atoms with E-state index in [0.29, 0.717) is 13.2 Å². The van der Waals surface area contributed by atoms with Gasteiger partial charge in [-0.25, -0.2) is 0 Å². The Balaban J connectivity index is 2.00. The van der Waals surface area contributed by atoms with E-state index in [0.717, 1.165) is 23.0 Å². The lowest BCUT2D eigenvalue weighted by Crippen LogP contribution is -2.44. The molecule has 1 aliphatic heterocycles. The number of amides is 1. The van der Waals surface area contributed by atoms with E-state index in [1.165, 1.54) is 0 Å². The zero-order valence-electron chi connectivity index (χ0n) is 12.6. The Labute approximate surface area is 134 Å². The second-order valence-corrected chi connectivity index (χ2v) is 6.24. The smallest absolute Gasteiger partial charge is 0.227 e. The fourth-order valence-electron chi connectivity index (χ4n) is 2.67. The normalized spacial score (nSPS) is 23.0. The van der Waals surface area contributed by atoms with Crippen LogP contribution in [-0.4, -0.2) is 31.7 Å².